The van der Waals surface area contributed by atoms with Gasteiger partial charge in [0.15, 0.2) is 29.6 Å². The third kappa shape index (κ3) is 5.42. The molecule has 11 N–H and O–H groups in total. The van der Waals surface area contributed by atoms with Gasteiger partial charge >= 0.3 is 11.3 Å². The molecule has 42 heavy (non-hydrogen) atoms. The fraction of sp³-hybridized carbons (Fsp3) is 0.423. The monoisotopic (exact) mass is 597 g/mol. The van der Waals surface area contributed by atoms with Crippen LogP contribution in [0.1, 0.15) is 0 Å². The Morgan fingerprint density at radius 3 is 2.14 bits per heavy atom. The maximum atomic E-state index is 10.9. The Hall–Kier alpha value is -3.71. The van der Waals surface area contributed by atoms with Crippen molar-refractivity contribution in [2.45, 2.75) is 55.3 Å². The predicted molar refractivity (Wildman–Crippen MR) is 135 cm³/mol. The molecule has 2 saturated heterocycles. The largest absolute Gasteiger partial charge is 0.507 e. The molecule has 16 heteroatoms. The van der Waals surface area contributed by atoms with Gasteiger partial charge in [-0.15, -0.1) is 0 Å². The molecule has 0 amide bonds. The van der Waals surface area contributed by atoms with Crippen LogP contribution in [0.4, 0.5) is 0 Å². The fourth-order valence-corrected chi connectivity index (χ4v) is 4.68. The first-order valence-corrected chi connectivity index (χ1v) is 12.6. The normalized spacial score (nSPS) is 31.7. The summed E-state index contributed by atoms with van der Waals surface area (Å²) in [7, 11) is 0. The summed E-state index contributed by atoms with van der Waals surface area (Å²) in [6, 6.07) is 5.36. The van der Waals surface area contributed by atoms with Crippen molar-refractivity contribution in [3.63, 3.8) is 0 Å². The number of benzene rings is 2. The van der Waals surface area contributed by atoms with Crippen LogP contribution in [-0.2, 0) is 14.2 Å². The van der Waals surface area contributed by atoms with Crippen molar-refractivity contribution in [2.75, 3.05) is 13.2 Å². The average Bonchev–Trinajstić information content (AvgIpc) is 2.95. The number of aromatic hydroxyl groups is 5. The molecule has 2 fully saturated rings. The second-order valence-corrected chi connectivity index (χ2v) is 9.86. The standard InChI is InChI=1S/C26H28O16/c27-6-17-20(35)21(36)24(42-25-22(37)19(34)14(32)7-38-25)26(41-17)40-16-5-10-11(29)3-9(28)4-15(10)39-23(16)8-1-12(30)18(33)13(31)2-8/h1-5,14,17,19-22,24-27,32,34-37H,6-7H2,(H4-,28,29,30,31,33)/p+1/t14-,17?,19?,20-,21?,22-,24?,25+,26-/m1/s1. The average molecular weight is 598 g/mol. The van der Waals surface area contributed by atoms with Crippen LogP contribution in [0, 0.1) is 0 Å². The third-order valence-electron chi connectivity index (χ3n) is 6.96. The van der Waals surface area contributed by atoms with E-state index in [1.807, 2.05) is 0 Å². The molecule has 3 aromatic rings. The number of fused-ring (bicyclic) bond motifs is 1. The van der Waals surface area contributed by atoms with Crippen molar-refractivity contribution in [3.8, 4) is 45.8 Å². The van der Waals surface area contributed by atoms with Gasteiger partial charge in [0.05, 0.1) is 24.8 Å². The summed E-state index contributed by atoms with van der Waals surface area (Å²) in [5, 5.41) is 112. The van der Waals surface area contributed by atoms with E-state index in [9.17, 15) is 56.2 Å². The molecule has 3 heterocycles. The number of hydrogen-bond donors (Lipinski definition) is 11. The molecule has 1 aromatic heterocycles. The number of aliphatic hydroxyl groups is 6. The zero-order chi connectivity index (χ0) is 30.5. The lowest BCUT2D eigenvalue weighted by Gasteiger charge is -2.44. The highest BCUT2D eigenvalue weighted by molar-refractivity contribution is 5.88. The van der Waals surface area contributed by atoms with Crippen molar-refractivity contribution < 1.29 is 79.5 Å². The van der Waals surface area contributed by atoms with E-state index < -0.39 is 91.5 Å². The minimum Gasteiger partial charge on any atom is -0.507 e. The van der Waals surface area contributed by atoms with Gasteiger partial charge in [-0.1, -0.05) is 0 Å². The first-order chi connectivity index (χ1) is 19.9. The smallest absolute Gasteiger partial charge is 0.402 e. The summed E-state index contributed by atoms with van der Waals surface area (Å²) in [4.78, 5) is 0. The van der Waals surface area contributed by atoms with Gasteiger partial charge in [-0.3, -0.25) is 0 Å². The number of hydrogen-bond acceptors (Lipinski definition) is 15. The van der Waals surface area contributed by atoms with Crippen LogP contribution in [0.3, 0.4) is 0 Å². The Labute approximate surface area is 235 Å². The van der Waals surface area contributed by atoms with Crippen molar-refractivity contribution in [2.24, 2.45) is 0 Å². The number of rotatable bonds is 6. The molecular weight excluding hydrogens is 568 g/mol. The Morgan fingerprint density at radius 1 is 0.786 bits per heavy atom. The molecule has 0 saturated carbocycles. The van der Waals surface area contributed by atoms with E-state index >= 15 is 0 Å². The van der Waals surface area contributed by atoms with E-state index in [1.165, 1.54) is 6.07 Å². The molecule has 228 valence electrons. The Bertz CT molecular complexity index is 1420. The number of aliphatic hydroxyl groups excluding tert-OH is 6. The van der Waals surface area contributed by atoms with Crippen LogP contribution in [0.15, 0.2) is 34.7 Å². The van der Waals surface area contributed by atoms with Gasteiger partial charge in [-0.05, 0) is 0 Å². The lowest BCUT2D eigenvalue weighted by molar-refractivity contribution is -0.344. The molecule has 0 spiro atoms. The summed E-state index contributed by atoms with van der Waals surface area (Å²) in [6.45, 7) is -1.24. The number of phenolic OH excluding ortho intramolecular Hbond substituents is 5. The van der Waals surface area contributed by atoms with Crippen molar-refractivity contribution >= 4 is 11.0 Å². The quantitative estimate of drug-likeness (QED) is 0.115. The van der Waals surface area contributed by atoms with E-state index in [2.05, 4.69) is 0 Å². The highest BCUT2D eigenvalue weighted by Gasteiger charge is 2.50. The molecule has 2 aromatic carbocycles. The summed E-state index contributed by atoms with van der Waals surface area (Å²) < 4.78 is 28.3. The predicted octanol–water partition coefficient (Wildman–Crippen LogP) is -1.45. The van der Waals surface area contributed by atoms with Crippen molar-refractivity contribution in [3.05, 3.63) is 30.3 Å². The molecule has 0 bridgehead atoms. The van der Waals surface area contributed by atoms with E-state index in [1.54, 1.807) is 0 Å². The minimum absolute atomic E-state index is 0.00510. The molecule has 0 aliphatic carbocycles. The van der Waals surface area contributed by atoms with Gasteiger partial charge in [0, 0.05) is 24.3 Å². The van der Waals surface area contributed by atoms with E-state index in [0.717, 1.165) is 24.3 Å². The summed E-state index contributed by atoms with van der Waals surface area (Å²) >= 11 is 0. The number of phenols is 5. The van der Waals surface area contributed by atoms with E-state index in [0.29, 0.717) is 0 Å². The first-order valence-electron chi connectivity index (χ1n) is 12.6. The van der Waals surface area contributed by atoms with Crippen molar-refractivity contribution in [1.82, 2.24) is 0 Å². The van der Waals surface area contributed by atoms with E-state index in [-0.39, 0.29) is 33.8 Å². The third-order valence-corrected chi connectivity index (χ3v) is 6.96. The Kier molecular flexibility index (Phi) is 8.17. The van der Waals surface area contributed by atoms with Crippen LogP contribution in [0.5, 0.6) is 34.5 Å². The summed E-state index contributed by atoms with van der Waals surface area (Å²) in [5.74, 6) is -3.71. The second-order valence-electron chi connectivity index (χ2n) is 9.86. The zero-order valence-corrected chi connectivity index (χ0v) is 21.5. The van der Waals surface area contributed by atoms with Gasteiger partial charge in [0.2, 0.25) is 12.0 Å². The second kappa shape index (κ2) is 11.5. The van der Waals surface area contributed by atoms with Gasteiger partial charge in [-0.25, -0.2) is 4.42 Å². The van der Waals surface area contributed by atoms with Crippen LogP contribution in [0.2, 0.25) is 0 Å². The SMILES string of the molecule is OCC1O[C@@H](Oc2cc3c(O)cc(O)cc3[o+]c2-c2cc(O)c(O)c(O)c2)C(O[C@@H]2OC[C@@H](O)C(O)[C@H]2O)C(O)[C@@H]1O. The summed E-state index contributed by atoms with van der Waals surface area (Å²) in [5.41, 5.74) is -0.174. The lowest BCUT2D eigenvalue weighted by Crippen LogP contribution is -2.63. The molecule has 9 atom stereocenters. The van der Waals surface area contributed by atoms with Gasteiger partial charge in [0.1, 0.15) is 53.5 Å². The Morgan fingerprint density at radius 2 is 1.48 bits per heavy atom. The summed E-state index contributed by atoms with van der Waals surface area (Å²) in [6.07, 6.45) is -15.0. The van der Waals surface area contributed by atoms with Crippen LogP contribution < -0.4 is 4.74 Å². The molecule has 0 radical (unpaired) electrons. The topological polar surface area (TPSA) is 271 Å². The molecule has 5 rings (SSSR count). The molecule has 2 aliphatic rings. The fourth-order valence-electron chi connectivity index (χ4n) is 4.68. The van der Waals surface area contributed by atoms with Gasteiger partial charge in [-0.2, -0.15) is 0 Å². The lowest BCUT2D eigenvalue weighted by atomic mass is 9.98. The molecular formula is C26H29O16+. The maximum Gasteiger partial charge on any atom is 0.402 e. The van der Waals surface area contributed by atoms with Crippen LogP contribution in [0.25, 0.3) is 22.3 Å². The highest BCUT2D eigenvalue weighted by Crippen LogP contribution is 2.45. The van der Waals surface area contributed by atoms with Crippen LogP contribution >= 0.6 is 0 Å². The Balaban J connectivity index is 1.59. The van der Waals surface area contributed by atoms with E-state index in [4.69, 9.17) is 23.4 Å². The molecule has 4 unspecified atom stereocenters. The van der Waals surface area contributed by atoms with Crippen LogP contribution in [-0.4, -0.2) is 125 Å². The zero-order valence-electron chi connectivity index (χ0n) is 21.5. The maximum absolute atomic E-state index is 10.9. The van der Waals surface area contributed by atoms with Crippen molar-refractivity contribution in [1.29, 1.82) is 0 Å². The van der Waals surface area contributed by atoms with Gasteiger partial charge < -0.3 is 75.1 Å². The number of ether oxygens (including phenoxy) is 4. The highest BCUT2D eigenvalue weighted by atomic mass is 16.8. The first kappa shape index (κ1) is 29.8. The molecule has 16 nitrogen and oxygen atoms in total. The molecule has 2 aliphatic heterocycles. The minimum atomic E-state index is -1.84. The van der Waals surface area contributed by atoms with Gasteiger partial charge in [0.25, 0.3) is 0 Å².